The molecule has 3 aromatic rings. The van der Waals surface area contributed by atoms with E-state index in [-0.39, 0.29) is 11.7 Å². The van der Waals surface area contributed by atoms with Gasteiger partial charge < -0.3 is 9.73 Å². The fourth-order valence-electron chi connectivity index (χ4n) is 2.13. The molecule has 2 aromatic heterocycles. The minimum absolute atomic E-state index is 0.135. The van der Waals surface area contributed by atoms with Gasteiger partial charge in [-0.1, -0.05) is 0 Å². The second kappa shape index (κ2) is 5.17. The molecule has 0 radical (unpaired) electrons. The number of fused-ring (bicyclic) bond motifs is 1. The second-order valence-electron chi connectivity index (χ2n) is 5.27. The van der Waals surface area contributed by atoms with Crippen molar-refractivity contribution in [1.29, 1.82) is 0 Å². The molecule has 1 saturated carbocycles. The number of nitrogens with one attached hydrogen (secondary N) is 1. The number of hydrogen-bond donors (Lipinski definition) is 1. The Hall–Kier alpha value is -2.28. The number of carbonyl (C=O) groups excluding carboxylic acids is 1. The van der Waals surface area contributed by atoms with E-state index in [1.54, 1.807) is 11.4 Å². The van der Waals surface area contributed by atoms with Crippen molar-refractivity contribution >= 4 is 28.3 Å². The summed E-state index contributed by atoms with van der Waals surface area (Å²) in [7, 11) is 0. The molecule has 0 aliphatic heterocycles. The van der Waals surface area contributed by atoms with E-state index in [9.17, 15) is 9.18 Å². The summed E-state index contributed by atoms with van der Waals surface area (Å²) < 4.78 is 18.6. The topological polar surface area (TPSA) is 68.0 Å². The first-order valence-corrected chi connectivity index (χ1v) is 7.85. The van der Waals surface area contributed by atoms with E-state index in [0.29, 0.717) is 35.1 Å². The number of aromatic nitrogens is 2. The SMILES string of the molecule is O=C(NC1CC1)c1csc(Cc2nc3ccc(F)cc3o2)n1. The summed E-state index contributed by atoms with van der Waals surface area (Å²) in [5.41, 5.74) is 1.45. The maximum absolute atomic E-state index is 13.1. The third-order valence-corrected chi connectivity index (χ3v) is 4.24. The average Bonchev–Trinajstić information content (AvgIpc) is 3.03. The third-order valence-electron chi connectivity index (χ3n) is 3.39. The fraction of sp³-hybridized carbons (Fsp3) is 0.267. The maximum atomic E-state index is 13.1. The Bertz CT molecular complexity index is 853. The van der Waals surface area contributed by atoms with Gasteiger partial charge in [0, 0.05) is 17.5 Å². The minimum Gasteiger partial charge on any atom is -0.440 e. The molecule has 1 aliphatic rings. The van der Waals surface area contributed by atoms with Crippen LogP contribution >= 0.6 is 11.3 Å². The van der Waals surface area contributed by atoms with Crippen LogP contribution in [0.5, 0.6) is 0 Å². The Morgan fingerprint density at radius 1 is 1.41 bits per heavy atom. The van der Waals surface area contributed by atoms with Crippen LogP contribution in [0.25, 0.3) is 11.1 Å². The van der Waals surface area contributed by atoms with E-state index < -0.39 is 0 Å². The zero-order valence-electron chi connectivity index (χ0n) is 11.5. The quantitative estimate of drug-likeness (QED) is 0.803. The molecular weight excluding hydrogens is 305 g/mol. The number of nitrogens with zero attached hydrogens (tertiary/aromatic N) is 2. The zero-order valence-corrected chi connectivity index (χ0v) is 12.3. The summed E-state index contributed by atoms with van der Waals surface area (Å²) >= 11 is 1.39. The molecule has 0 spiro atoms. The Kier molecular flexibility index (Phi) is 3.15. The van der Waals surface area contributed by atoms with Gasteiger partial charge in [-0.25, -0.2) is 14.4 Å². The lowest BCUT2D eigenvalue weighted by molar-refractivity contribution is 0.0946. The smallest absolute Gasteiger partial charge is 0.270 e. The van der Waals surface area contributed by atoms with Gasteiger partial charge in [-0.15, -0.1) is 11.3 Å². The molecule has 112 valence electrons. The molecule has 0 atom stereocenters. The molecular formula is C15H12FN3O2S. The van der Waals surface area contributed by atoms with E-state index in [4.69, 9.17) is 4.42 Å². The predicted octanol–water partition coefficient (Wildman–Crippen LogP) is 2.91. The molecule has 7 heteroatoms. The van der Waals surface area contributed by atoms with Crippen molar-refractivity contribution < 1.29 is 13.6 Å². The number of oxazole rings is 1. The highest BCUT2D eigenvalue weighted by molar-refractivity contribution is 7.09. The Balaban J connectivity index is 1.52. The zero-order chi connectivity index (χ0) is 15.1. The molecule has 4 rings (SSSR count). The Morgan fingerprint density at radius 2 is 2.27 bits per heavy atom. The van der Waals surface area contributed by atoms with Crippen molar-refractivity contribution in [3.8, 4) is 0 Å². The lowest BCUT2D eigenvalue weighted by Gasteiger charge is -1.98. The number of halogens is 1. The van der Waals surface area contributed by atoms with Gasteiger partial charge in [-0.2, -0.15) is 0 Å². The van der Waals surface area contributed by atoms with Crippen molar-refractivity contribution in [3.63, 3.8) is 0 Å². The fourth-order valence-corrected chi connectivity index (χ4v) is 2.90. The highest BCUT2D eigenvalue weighted by Crippen LogP contribution is 2.22. The van der Waals surface area contributed by atoms with E-state index in [1.165, 1.54) is 23.5 Å². The number of rotatable bonds is 4. The molecule has 0 saturated heterocycles. The number of hydrogen-bond acceptors (Lipinski definition) is 5. The first kappa shape index (κ1) is 13.4. The van der Waals surface area contributed by atoms with Crippen molar-refractivity contribution in [2.24, 2.45) is 0 Å². The summed E-state index contributed by atoms with van der Waals surface area (Å²) in [5, 5.41) is 5.37. The van der Waals surface area contributed by atoms with Gasteiger partial charge in [0.2, 0.25) is 5.89 Å². The van der Waals surface area contributed by atoms with Gasteiger partial charge in [0.25, 0.3) is 5.91 Å². The molecule has 22 heavy (non-hydrogen) atoms. The molecule has 2 heterocycles. The van der Waals surface area contributed by atoms with E-state index in [0.717, 1.165) is 17.8 Å². The largest absolute Gasteiger partial charge is 0.440 e. The van der Waals surface area contributed by atoms with Crippen LogP contribution in [0.1, 0.15) is 34.2 Å². The number of benzene rings is 1. The maximum Gasteiger partial charge on any atom is 0.270 e. The van der Waals surface area contributed by atoms with Crippen LogP contribution in [0.2, 0.25) is 0 Å². The van der Waals surface area contributed by atoms with Crippen LogP contribution < -0.4 is 5.32 Å². The van der Waals surface area contributed by atoms with Gasteiger partial charge in [-0.05, 0) is 25.0 Å². The Labute approximate surface area is 129 Å². The van der Waals surface area contributed by atoms with Gasteiger partial charge >= 0.3 is 0 Å². The van der Waals surface area contributed by atoms with Gasteiger partial charge in [0.1, 0.15) is 22.0 Å². The molecule has 5 nitrogen and oxygen atoms in total. The summed E-state index contributed by atoms with van der Waals surface area (Å²) in [5.74, 6) is -0.0304. The summed E-state index contributed by atoms with van der Waals surface area (Å²) in [4.78, 5) is 20.5. The van der Waals surface area contributed by atoms with E-state index in [2.05, 4.69) is 15.3 Å². The number of carbonyl (C=O) groups is 1. The van der Waals surface area contributed by atoms with E-state index in [1.807, 2.05) is 0 Å². The standard InChI is InChI=1S/C15H12FN3O2S/c16-8-1-4-10-12(5-8)21-13(18-10)6-14-19-11(7-22-14)15(20)17-9-2-3-9/h1,4-5,7,9H,2-3,6H2,(H,17,20). The highest BCUT2D eigenvalue weighted by atomic mass is 32.1. The van der Waals surface area contributed by atoms with Crippen molar-refractivity contribution in [2.45, 2.75) is 25.3 Å². The first-order chi connectivity index (χ1) is 10.7. The summed E-state index contributed by atoms with van der Waals surface area (Å²) in [6.45, 7) is 0. The van der Waals surface area contributed by atoms with Crippen LogP contribution in [0.3, 0.4) is 0 Å². The minimum atomic E-state index is -0.358. The van der Waals surface area contributed by atoms with Gasteiger partial charge in [-0.3, -0.25) is 4.79 Å². The molecule has 1 amide bonds. The van der Waals surface area contributed by atoms with Gasteiger partial charge in [0.05, 0.1) is 6.42 Å². The number of amides is 1. The van der Waals surface area contributed by atoms with Crippen LogP contribution in [0.4, 0.5) is 4.39 Å². The lowest BCUT2D eigenvalue weighted by atomic mass is 10.3. The van der Waals surface area contributed by atoms with Crippen molar-refractivity contribution in [1.82, 2.24) is 15.3 Å². The monoisotopic (exact) mass is 317 g/mol. The first-order valence-electron chi connectivity index (χ1n) is 6.97. The van der Waals surface area contributed by atoms with Gasteiger partial charge in [0.15, 0.2) is 5.58 Å². The lowest BCUT2D eigenvalue weighted by Crippen LogP contribution is -2.25. The molecule has 0 bridgehead atoms. The third kappa shape index (κ3) is 2.71. The Morgan fingerprint density at radius 3 is 3.09 bits per heavy atom. The predicted molar refractivity (Wildman–Crippen MR) is 79.4 cm³/mol. The van der Waals surface area contributed by atoms with Crippen molar-refractivity contribution in [2.75, 3.05) is 0 Å². The summed E-state index contributed by atoms with van der Waals surface area (Å²) in [6, 6.07) is 4.54. The molecule has 1 fully saturated rings. The number of thiazole rings is 1. The van der Waals surface area contributed by atoms with Crippen LogP contribution in [-0.2, 0) is 6.42 Å². The highest BCUT2D eigenvalue weighted by Gasteiger charge is 2.24. The summed E-state index contributed by atoms with van der Waals surface area (Å²) in [6.07, 6.45) is 2.47. The van der Waals surface area contributed by atoms with E-state index >= 15 is 0 Å². The normalized spacial score (nSPS) is 14.4. The van der Waals surface area contributed by atoms with Crippen LogP contribution in [-0.4, -0.2) is 21.9 Å². The van der Waals surface area contributed by atoms with Crippen LogP contribution in [0.15, 0.2) is 28.0 Å². The molecule has 1 N–H and O–H groups in total. The molecule has 0 unspecified atom stereocenters. The molecule has 1 aliphatic carbocycles. The second-order valence-corrected chi connectivity index (χ2v) is 6.21. The molecule has 1 aromatic carbocycles. The van der Waals surface area contributed by atoms with Crippen molar-refractivity contribution in [3.05, 3.63) is 46.0 Å². The van der Waals surface area contributed by atoms with Crippen LogP contribution in [0, 0.1) is 5.82 Å². The average molecular weight is 317 g/mol.